The molecule has 0 unspecified atom stereocenters. The van der Waals surface area contributed by atoms with Gasteiger partial charge in [0.05, 0.1) is 24.6 Å². The van der Waals surface area contributed by atoms with Crippen LogP contribution in [0.25, 0.3) is 11.4 Å². The highest BCUT2D eigenvalue weighted by atomic mass is 32.2. The summed E-state index contributed by atoms with van der Waals surface area (Å²) < 4.78 is 7.43. The second kappa shape index (κ2) is 8.97. The van der Waals surface area contributed by atoms with Crippen LogP contribution in [0.15, 0.2) is 52.2 Å². The van der Waals surface area contributed by atoms with Crippen molar-refractivity contribution < 1.29 is 9.21 Å². The highest BCUT2D eigenvalue weighted by molar-refractivity contribution is 7.99. The first kappa shape index (κ1) is 20.7. The number of aromatic nitrogens is 3. The van der Waals surface area contributed by atoms with Crippen LogP contribution in [0.2, 0.25) is 0 Å². The van der Waals surface area contributed by atoms with Gasteiger partial charge in [-0.3, -0.25) is 9.36 Å². The van der Waals surface area contributed by atoms with Crippen molar-refractivity contribution in [3.8, 4) is 17.5 Å². The Labute approximate surface area is 174 Å². The summed E-state index contributed by atoms with van der Waals surface area (Å²) in [5.74, 6) is 1.41. The molecule has 0 atom stereocenters. The summed E-state index contributed by atoms with van der Waals surface area (Å²) in [4.78, 5) is 11.9. The SMILES string of the molecule is CC(C)(C)c1ccc(-c2nnc(SCC(=O)NCC#N)n2Cc2ccco2)cc1. The smallest absolute Gasteiger partial charge is 0.231 e. The van der Waals surface area contributed by atoms with Gasteiger partial charge in [0.1, 0.15) is 12.3 Å². The fourth-order valence-electron chi connectivity index (χ4n) is 2.75. The van der Waals surface area contributed by atoms with E-state index in [9.17, 15) is 4.79 Å². The van der Waals surface area contributed by atoms with Gasteiger partial charge in [0.25, 0.3) is 0 Å². The van der Waals surface area contributed by atoms with E-state index >= 15 is 0 Å². The third-order valence-electron chi connectivity index (χ3n) is 4.32. The van der Waals surface area contributed by atoms with E-state index in [1.165, 1.54) is 17.3 Å². The van der Waals surface area contributed by atoms with Gasteiger partial charge < -0.3 is 9.73 Å². The maximum atomic E-state index is 11.9. The molecule has 0 saturated carbocycles. The number of carbonyl (C=O) groups is 1. The summed E-state index contributed by atoms with van der Waals surface area (Å²) in [5, 5.41) is 20.4. The number of thioether (sulfide) groups is 1. The van der Waals surface area contributed by atoms with Crippen LogP contribution in [0.5, 0.6) is 0 Å². The van der Waals surface area contributed by atoms with Crippen molar-refractivity contribution in [1.29, 1.82) is 5.26 Å². The normalized spacial score (nSPS) is 11.2. The molecule has 2 aromatic heterocycles. The van der Waals surface area contributed by atoms with Gasteiger partial charge >= 0.3 is 0 Å². The van der Waals surface area contributed by atoms with Crippen LogP contribution in [0.3, 0.4) is 0 Å². The first-order valence-electron chi connectivity index (χ1n) is 9.21. The lowest BCUT2D eigenvalue weighted by atomic mass is 9.87. The highest BCUT2D eigenvalue weighted by Gasteiger charge is 2.18. The quantitative estimate of drug-likeness (QED) is 0.473. The second-order valence-electron chi connectivity index (χ2n) is 7.52. The van der Waals surface area contributed by atoms with Crippen LogP contribution in [-0.2, 0) is 16.8 Å². The molecule has 0 radical (unpaired) electrons. The average Bonchev–Trinajstić information content (AvgIpc) is 3.34. The molecule has 1 N–H and O–H groups in total. The molecule has 0 aliphatic carbocycles. The number of benzene rings is 1. The molecule has 0 saturated heterocycles. The third kappa shape index (κ3) is 5.27. The molecule has 0 spiro atoms. The van der Waals surface area contributed by atoms with E-state index in [-0.39, 0.29) is 23.6 Å². The Morgan fingerprint density at radius 3 is 2.62 bits per heavy atom. The zero-order chi connectivity index (χ0) is 20.9. The van der Waals surface area contributed by atoms with Crippen LogP contribution >= 0.6 is 11.8 Å². The van der Waals surface area contributed by atoms with Crippen molar-refractivity contribution in [2.24, 2.45) is 0 Å². The molecule has 8 heteroatoms. The maximum absolute atomic E-state index is 11.9. The lowest BCUT2D eigenvalue weighted by molar-refractivity contribution is -0.118. The van der Waals surface area contributed by atoms with Crippen molar-refractivity contribution in [3.63, 3.8) is 0 Å². The summed E-state index contributed by atoms with van der Waals surface area (Å²) in [5.41, 5.74) is 2.25. The van der Waals surface area contributed by atoms with Crippen LogP contribution < -0.4 is 5.32 Å². The molecule has 0 bridgehead atoms. The monoisotopic (exact) mass is 409 g/mol. The molecule has 0 fully saturated rings. The van der Waals surface area contributed by atoms with Crippen LogP contribution in [0.1, 0.15) is 32.1 Å². The Bertz CT molecular complexity index is 995. The topological polar surface area (TPSA) is 96.7 Å². The van der Waals surface area contributed by atoms with Crippen LogP contribution in [0, 0.1) is 11.3 Å². The number of carbonyl (C=O) groups excluding carboxylic acids is 1. The number of nitrogens with one attached hydrogen (secondary N) is 1. The van der Waals surface area contributed by atoms with Crippen molar-refractivity contribution >= 4 is 17.7 Å². The molecule has 2 heterocycles. The number of hydrogen-bond acceptors (Lipinski definition) is 6. The largest absolute Gasteiger partial charge is 0.467 e. The van der Waals surface area contributed by atoms with Gasteiger partial charge in [0, 0.05) is 5.56 Å². The third-order valence-corrected chi connectivity index (χ3v) is 5.28. The Kier molecular flexibility index (Phi) is 6.39. The van der Waals surface area contributed by atoms with Crippen LogP contribution in [-0.4, -0.2) is 33.0 Å². The number of amides is 1. The molecule has 3 rings (SSSR count). The first-order valence-corrected chi connectivity index (χ1v) is 10.2. The molecule has 3 aromatic rings. The summed E-state index contributed by atoms with van der Waals surface area (Å²) >= 11 is 1.28. The average molecular weight is 410 g/mol. The lowest BCUT2D eigenvalue weighted by Gasteiger charge is -2.19. The van der Waals surface area contributed by atoms with Crippen molar-refractivity contribution in [1.82, 2.24) is 20.1 Å². The summed E-state index contributed by atoms with van der Waals surface area (Å²) in [6.45, 7) is 6.97. The van der Waals surface area contributed by atoms with Gasteiger partial charge in [-0.1, -0.05) is 56.8 Å². The zero-order valence-corrected chi connectivity index (χ0v) is 17.5. The molecule has 7 nitrogen and oxygen atoms in total. The standard InChI is InChI=1S/C21H23N5O2S/c1-21(2,3)16-8-6-15(7-9-16)19-24-25-20(29-14-18(27)23-11-10-22)26(19)13-17-5-4-12-28-17/h4-9,12H,11,13-14H2,1-3H3,(H,23,27). The van der Waals surface area contributed by atoms with E-state index in [1.807, 2.05) is 34.9 Å². The summed E-state index contributed by atoms with van der Waals surface area (Å²) in [7, 11) is 0. The Hall–Kier alpha value is -3.05. The van der Waals surface area contributed by atoms with Gasteiger partial charge in [-0.05, 0) is 23.1 Å². The first-order chi connectivity index (χ1) is 13.9. The zero-order valence-electron chi connectivity index (χ0n) is 16.7. The van der Waals surface area contributed by atoms with Crippen molar-refractivity contribution in [2.45, 2.75) is 37.9 Å². The van der Waals surface area contributed by atoms with Gasteiger partial charge in [-0.15, -0.1) is 10.2 Å². The van der Waals surface area contributed by atoms with E-state index in [0.29, 0.717) is 17.5 Å². The van der Waals surface area contributed by atoms with E-state index < -0.39 is 0 Å². The fourth-order valence-corrected chi connectivity index (χ4v) is 3.52. The molecule has 1 aromatic carbocycles. The summed E-state index contributed by atoms with van der Waals surface area (Å²) in [6, 6.07) is 13.9. The predicted octanol–water partition coefficient (Wildman–Crippen LogP) is 3.62. The molecule has 1 amide bonds. The fraction of sp³-hybridized carbons (Fsp3) is 0.333. The lowest BCUT2D eigenvalue weighted by Crippen LogP contribution is -2.25. The number of nitriles is 1. The summed E-state index contributed by atoms with van der Waals surface area (Å²) in [6.07, 6.45) is 1.62. The molecule has 29 heavy (non-hydrogen) atoms. The van der Waals surface area contributed by atoms with E-state index in [0.717, 1.165) is 11.3 Å². The minimum atomic E-state index is -0.222. The maximum Gasteiger partial charge on any atom is 0.231 e. The number of furan rings is 1. The Balaban J connectivity index is 1.87. The van der Waals surface area contributed by atoms with Crippen LogP contribution in [0.4, 0.5) is 0 Å². The molecule has 150 valence electrons. The van der Waals surface area contributed by atoms with Gasteiger partial charge in [0.2, 0.25) is 5.91 Å². The number of rotatable bonds is 7. The second-order valence-corrected chi connectivity index (χ2v) is 8.47. The van der Waals surface area contributed by atoms with Crippen molar-refractivity contribution in [2.75, 3.05) is 12.3 Å². The predicted molar refractivity (Wildman–Crippen MR) is 111 cm³/mol. The molecular weight excluding hydrogens is 386 g/mol. The molecule has 0 aliphatic rings. The number of hydrogen-bond donors (Lipinski definition) is 1. The minimum Gasteiger partial charge on any atom is -0.467 e. The van der Waals surface area contributed by atoms with E-state index in [1.54, 1.807) is 6.26 Å². The highest BCUT2D eigenvalue weighted by Crippen LogP contribution is 2.28. The van der Waals surface area contributed by atoms with Gasteiger partial charge in [-0.2, -0.15) is 5.26 Å². The van der Waals surface area contributed by atoms with E-state index in [2.05, 4.69) is 48.4 Å². The van der Waals surface area contributed by atoms with Crippen molar-refractivity contribution in [3.05, 3.63) is 54.0 Å². The van der Waals surface area contributed by atoms with Gasteiger partial charge in [0.15, 0.2) is 11.0 Å². The molecular formula is C21H23N5O2S. The van der Waals surface area contributed by atoms with E-state index in [4.69, 9.17) is 9.68 Å². The Morgan fingerprint density at radius 1 is 1.24 bits per heavy atom. The minimum absolute atomic E-state index is 0.0101. The van der Waals surface area contributed by atoms with Gasteiger partial charge in [-0.25, -0.2) is 0 Å². The molecule has 0 aliphatic heterocycles. The number of nitrogens with zero attached hydrogens (tertiary/aromatic N) is 4. The Morgan fingerprint density at radius 2 is 2.00 bits per heavy atom.